The molecule has 1 heterocycles. The zero-order chi connectivity index (χ0) is 12.3. The largest absolute Gasteiger partial charge is 0.376 e. The summed E-state index contributed by atoms with van der Waals surface area (Å²) >= 11 is 9.28. The summed E-state index contributed by atoms with van der Waals surface area (Å²) in [5.41, 5.74) is 2.17. The molecule has 0 aliphatic carbocycles. The molecule has 2 nitrogen and oxygen atoms in total. The molecule has 1 unspecified atom stereocenters. The van der Waals surface area contributed by atoms with Crippen molar-refractivity contribution in [2.45, 2.75) is 13.0 Å². The molecular formula is C13H12BrClN2. The van der Waals surface area contributed by atoms with Crippen LogP contribution in [0, 0.1) is 0 Å². The van der Waals surface area contributed by atoms with Crippen molar-refractivity contribution >= 4 is 33.2 Å². The third-order valence-corrected chi connectivity index (χ3v) is 3.38. The first-order valence-corrected chi connectivity index (χ1v) is 6.46. The number of halogens is 2. The molecule has 0 amide bonds. The van der Waals surface area contributed by atoms with Crippen LogP contribution in [0.25, 0.3) is 0 Å². The molecule has 1 aromatic carbocycles. The summed E-state index contributed by atoms with van der Waals surface area (Å²) in [6, 6.07) is 11.9. The van der Waals surface area contributed by atoms with E-state index in [0.29, 0.717) is 0 Å². The predicted octanol–water partition coefficient (Wildman–Crippen LogP) is 4.67. The first kappa shape index (κ1) is 12.4. The van der Waals surface area contributed by atoms with Gasteiger partial charge in [0, 0.05) is 17.3 Å². The molecule has 1 N–H and O–H groups in total. The van der Waals surface area contributed by atoms with Crippen LogP contribution in [0.4, 0.5) is 5.69 Å². The van der Waals surface area contributed by atoms with Crippen molar-refractivity contribution in [1.29, 1.82) is 0 Å². The van der Waals surface area contributed by atoms with Gasteiger partial charge in [-0.2, -0.15) is 0 Å². The second-order valence-electron chi connectivity index (χ2n) is 3.76. The van der Waals surface area contributed by atoms with Gasteiger partial charge >= 0.3 is 0 Å². The molecule has 0 saturated heterocycles. The van der Waals surface area contributed by atoms with Gasteiger partial charge in [-0.3, -0.25) is 0 Å². The third kappa shape index (κ3) is 3.20. The molecule has 0 bridgehead atoms. The van der Waals surface area contributed by atoms with Crippen molar-refractivity contribution in [3.05, 3.63) is 57.8 Å². The van der Waals surface area contributed by atoms with Crippen molar-refractivity contribution in [2.75, 3.05) is 5.32 Å². The number of nitrogens with zero attached hydrogens (tertiary/aromatic N) is 1. The van der Waals surface area contributed by atoms with Crippen molar-refractivity contribution in [3.63, 3.8) is 0 Å². The van der Waals surface area contributed by atoms with Crippen molar-refractivity contribution in [1.82, 2.24) is 4.98 Å². The maximum atomic E-state index is 5.86. The van der Waals surface area contributed by atoms with Crippen LogP contribution in [0.5, 0.6) is 0 Å². The Labute approximate surface area is 114 Å². The van der Waals surface area contributed by atoms with E-state index in [1.807, 2.05) is 36.4 Å². The van der Waals surface area contributed by atoms with Crippen molar-refractivity contribution in [3.8, 4) is 0 Å². The summed E-state index contributed by atoms with van der Waals surface area (Å²) in [5, 5.41) is 4.15. The van der Waals surface area contributed by atoms with E-state index >= 15 is 0 Å². The number of hydrogen-bond acceptors (Lipinski definition) is 2. The number of benzene rings is 1. The van der Waals surface area contributed by atoms with Gasteiger partial charge in [0.15, 0.2) is 0 Å². The summed E-state index contributed by atoms with van der Waals surface area (Å²) in [7, 11) is 0. The molecule has 17 heavy (non-hydrogen) atoms. The lowest BCUT2D eigenvalue weighted by Crippen LogP contribution is -2.07. The molecule has 0 saturated carbocycles. The average Bonchev–Trinajstić information content (AvgIpc) is 2.33. The van der Waals surface area contributed by atoms with Gasteiger partial charge < -0.3 is 5.32 Å². The Kier molecular flexibility index (Phi) is 4.02. The van der Waals surface area contributed by atoms with Gasteiger partial charge in [-0.15, -0.1) is 0 Å². The second-order valence-corrected chi connectivity index (χ2v) is 4.95. The fraction of sp³-hybridized carbons (Fsp3) is 0.154. The molecule has 0 aliphatic rings. The molecule has 0 radical (unpaired) electrons. The Morgan fingerprint density at radius 2 is 1.94 bits per heavy atom. The van der Waals surface area contributed by atoms with Crippen LogP contribution in [-0.4, -0.2) is 4.98 Å². The third-order valence-electron chi connectivity index (χ3n) is 2.50. The smallest absolute Gasteiger partial charge is 0.129 e. The SMILES string of the molecule is CC(Nc1cccnc1Br)c1ccc(Cl)cc1. The molecule has 1 aromatic heterocycles. The summed E-state index contributed by atoms with van der Waals surface area (Å²) in [5.74, 6) is 0. The van der Waals surface area contributed by atoms with E-state index < -0.39 is 0 Å². The van der Waals surface area contributed by atoms with Crippen LogP contribution in [0.3, 0.4) is 0 Å². The van der Waals surface area contributed by atoms with Gasteiger partial charge in [-0.25, -0.2) is 4.98 Å². The van der Waals surface area contributed by atoms with Gasteiger partial charge in [0.1, 0.15) is 4.60 Å². The van der Waals surface area contributed by atoms with E-state index in [1.54, 1.807) is 6.20 Å². The number of hydrogen-bond donors (Lipinski definition) is 1. The van der Waals surface area contributed by atoms with Crippen LogP contribution in [0.15, 0.2) is 47.2 Å². The van der Waals surface area contributed by atoms with E-state index in [-0.39, 0.29) is 6.04 Å². The maximum Gasteiger partial charge on any atom is 0.129 e. The fourth-order valence-electron chi connectivity index (χ4n) is 1.56. The molecule has 0 aliphatic heterocycles. The molecule has 88 valence electrons. The lowest BCUT2D eigenvalue weighted by Gasteiger charge is -2.16. The van der Waals surface area contributed by atoms with E-state index in [2.05, 4.69) is 33.2 Å². The van der Waals surface area contributed by atoms with Crippen LogP contribution in [0.1, 0.15) is 18.5 Å². The zero-order valence-corrected chi connectivity index (χ0v) is 11.7. The topological polar surface area (TPSA) is 24.9 Å². The van der Waals surface area contributed by atoms with Crippen LogP contribution >= 0.6 is 27.5 Å². The average molecular weight is 312 g/mol. The van der Waals surface area contributed by atoms with E-state index in [1.165, 1.54) is 5.56 Å². The Morgan fingerprint density at radius 1 is 1.24 bits per heavy atom. The van der Waals surface area contributed by atoms with Crippen LogP contribution < -0.4 is 5.32 Å². The zero-order valence-electron chi connectivity index (χ0n) is 9.32. The first-order valence-electron chi connectivity index (χ1n) is 5.29. The predicted molar refractivity (Wildman–Crippen MR) is 75.4 cm³/mol. The van der Waals surface area contributed by atoms with Gasteiger partial charge in [-0.1, -0.05) is 23.7 Å². The highest BCUT2D eigenvalue weighted by Crippen LogP contribution is 2.25. The highest BCUT2D eigenvalue weighted by Gasteiger charge is 2.07. The number of nitrogens with one attached hydrogen (secondary N) is 1. The summed E-state index contributed by atoms with van der Waals surface area (Å²) < 4.78 is 0.820. The number of aromatic nitrogens is 1. The summed E-state index contributed by atoms with van der Waals surface area (Å²) in [6.45, 7) is 2.10. The van der Waals surface area contributed by atoms with Crippen molar-refractivity contribution in [2.24, 2.45) is 0 Å². The summed E-state index contributed by atoms with van der Waals surface area (Å²) in [4.78, 5) is 4.17. The quantitative estimate of drug-likeness (QED) is 0.833. The minimum absolute atomic E-state index is 0.202. The number of pyridine rings is 1. The van der Waals surface area contributed by atoms with Crippen molar-refractivity contribution < 1.29 is 0 Å². The second kappa shape index (κ2) is 5.52. The number of rotatable bonds is 3. The van der Waals surface area contributed by atoms with E-state index in [9.17, 15) is 0 Å². The fourth-order valence-corrected chi connectivity index (χ4v) is 2.05. The molecule has 0 fully saturated rings. The van der Waals surface area contributed by atoms with E-state index in [0.717, 1.165) is 15.3 Å². The maximum absolute atomic E-state index is 5.86. The highest BCUT2D eigenvalue weighted by atomic mass is 79.9. The van der Waals surface area contributed by atoms with Gasteiger partial charge in [-0.05, 0) is 52.7 Å². The molecule has 2 aromatic rings. The van der Waals surface area contributed by atoms with Gasteiger partial charge in [0.05, 0.1) is 5.69 Å². The van der Waals surface area contributed by atoms with E-state index in [4.69, 9.17) is 11.6 Å². The first-order chi connectivity index (χ1) is 8.16. The summed E-state index contributed by atoms with van der Waals surface area (Å²) in [6.07, 6.45) is 1.75. The standard InChI is InChI=1S/C13H12BrClN2/c1-9(10-4-6-11(15)7-5-10)17-12-3-2-8-16-13(12)14/h2-9,17H,1H3. The Hall–Kier alpha value is -1.06. The van der Waals surface area contributed by atoms with Crippen LogP contribution in [-0.2, 0) is 0 Å². The Morgan fingerprint density at radius 3 is 2.59 bits per heavy atom. The Balaban J connectivity index is 2.14. The van der Waals surface area contributed by atoms with Crippen LogP contribution in [0.2, 0.25) is 5.02 Å². The molecule has 0 spiro atoms. The molecule has 4 heteroatoms. The minimum atomic E-state index is 0.202. The minimum Gasteiger partial charge on any atom is -0.376 e. The normalized spacial score (nSPS) is 12.2. The monoisotopic (exact) mass is 310 g/mol. The Bertz CT molecular complexity index is 499. The lowest BCUT2D eigenvalue weighted by molar-refractivity contribution is 0.881. The molecule has 2 rings (SSSR count). The van der Waals surface area contributed by atoms with Gasteiger partial charge in [0.25, 0.3) is 0 Å². The molecular weight excluding hydrogens is 300 g/mol. The lowest BCUT2D eigenvalue weighted by atomic mass is 10.1. The highest BCUT2D eigenvalue weighted by molar-refractivity contribution is 9.10. The van der Waals surface area contributed by atoms with Gasteiger partial charge in [0.2, 0.25) is 0 Å². The molecule has 1 atom stereocenters. The number of anilines is 1.